The minimum absolute atomic E-state index is 0.852. The minimum atomic E-state index is 0.852. The number of nitrogens with zero attached hydrogens (tertiary/aromatic N) is 1. The number of hydrogen-bond acceptors (Lipinski definition) is 3. The van der Waals surface area contributed by atoms with Gasteiger partial charge in [-0.2, -0.15) is 0 Å². The van der Waals surface area contributed by atoms with Crippen molar-refractivity contribution in [2.24, 2.45) is 0 Å². The van der Waals surface area contributed by atoms with Gasteiger partial charge in [0.25, 0.3) is 0 Å². The van der Waals surface area contributed by atoms with Crippen LogP contribution in [0.5, 0.6) is 5.75 Å². The lowest BCUT2D eigenvalue weighted by Gasteiger charge is -2.07. The van der Waals surface area contributed by atoms with Gasteiger partial charge in [-0.3, -0.25) is 0 Å². The zero-order valence-electron chi connectivity index (χ0n) is 10.2. The molecule has 2 N–H and O–H groups in total. The monoisotopic (exact) mass is 231 g/mol. The van der Waals surface area contributed by atoms with E-state index in [2.05, 4.69) is 15.3 Å². The molecule has 0 bridgehead atoms. The van der Waals surface area contributed by atoms with Crippen LogP contribution in [0.4, 0.5) is 0 Å². The third kappa shape index (κ3) is 2.47. The summed E-state index contributed by atoms with van der Waals surface area (Å²) in [7, 11) is 3.62. The Morgan fingerprint density at radius 3 is 2.94 bits per heavy atom. The molecule has 17 heavy (non-hydrogen) atoms. The van der Waals surface area contributed by atoms with Crippen LogP contribution >= 0.6 is 0 Å². The first kappa shape index (κ1) is 11.7. The van der Waals surface area contributed by atoms with E-state index in [0.29, 0.717) is 0 Å². The number of methoxy groups -OCH3 is 1. The molecule has 2 aromatic rings. The van der Waals surface area contributed by atoms with Gasteiger partial charge in [-0.25, -0.2) is 4.98 Å². The largest absolute Gasteiger partial charge is 0.496 e. The van der Waals surface area contributed by atoms with E-state index in [1.54, 1.807) is 13.4 Å². The second kappa shape index (κ2) is 5.50. The molecule has 0 saturated carbocycles. The molecule has 1 heterocycles. The van der Waals surface area contributed by atoms with E-state index in [-0.39, 0.29) is 0 Å². The molecule has 4 nitrogen and oxygen atoms in total. The second-order valence-corrected chi connectivity index (χ2v) is 3.78. The average molecular weight is 231 g/mol. The molecule has 0 spiro atoms. The first-order valence-corrected chi connectivity index (χ1v) is 5.67. The number of H-pyrrole nitrogens is 1. The van der Waals surface area contributed by atoms with Gasteiger partial charge in [0, 0.05) is 24.2 Å². The Labute approximate surface area is 101 Å². The van der Waals surface area contributed by atoms with Crippen molar-refractivity contribution in [3.05, 3.63) is 36.3 Å². The van der Waals surface area contributed by atoms with Gasteiger partial charge in [-0.1, -0.05) is 12.1 Å². The van der Waals surface area contributed by atoms with Gasteiger partial charge in [0.15, 0.2) is 0 Å². The Bertz CT molecular complexity index is 479. The SMILES string of the molecule is CNCCc1[nH]cnc1-c1ccccc1OC. The molecule has 90 valence electrons. The van der Waals surface area contributed by atoms with Crippen LogP contribution in [0.3, 0.4) is 0 Å². The van der Waals surface area contributed by atoms with Crippen LogP contribution in [0.1, 0.15) is 5.69 Å². The quantitative estimate of drug-likeness (QED) is 0.825. The lowest BCUT2D eigenvalue weighted by atomic mass is 10.1. The number of para-hydroxylation sites is 1. The Kier molecular flexibility index (Phi) is 3.77. The lowest BCUT2D eigenvalue weighted by molar-refractivity contribution is 0.416. The van der Waals surface area contributed by atoms with Crippen LogP contribution in [-0.4, -0.2) is 30.7 Å². The third-order valence-corrected chi connectivity index (χ3v) is 2.71. The maximum Gasteiger partial charge on any atom is 0.128 e. The fraction of sp³-hybridized carbons (Fsp3) is 0.308. The maximum absolute atomic E-state index is 5.36. The molecular formula is C13H17N3O. The average Bonchev–Trinajstić information content (AvgIpc) is 2.84. The van der Waals surface area contributed by atoms with Crippen molar-refractivity contribution >= 4 is 0 Å². The van der Waals surface area contributed by atoms with E-state index in [9.17, 15) is 0 Å². The van der Waals surface area contributed by atoms with Gasteiger partial charge in [0.05, 0.1) is 19.1 Å². The summed E-state index contributed by atoms with van der Waals surface area (Å²) >= 11 is 0. The van der Waals surface area contributed by atoms with Gasteiger partial charge in [-0.15, -0.1) is 0 Å². The van der Waals surface area contributed by atoms with Gasteiger partial charge in [0.1, 0.15) is 5.75 Å². The van der Waals surface area contributed by atoms with Crippen molar-refractivity contribution in [1.82, 2.24) is 15.3 Å². The molecule has 1 aromatic carbocycles. The Hall–Kier alpha value is -1.81. The number of aromatic nitrogens is 2. The number of hydrogen-bond donors (Lipinski definition) is 2. The molecule has 0 aliphatic heterocycles. The summed E-state index contributed by atoms with van der Waals surface area (Å²) in [4.78, 5) is 7.57. The van der Waals surface area contributed by atoms with Crippen LogP contribution in [0.25, 0.3) is 11.3 Å². The normalized spacial score (nSPS) is 10.5. The van der Waals surface area contributed by atoms with E-state index in [1.165, 1.54) is 0 Å². The number of ether oxygens (including phenoxy) is 1. The standard InChI is InChI=1S/C13H17N3O/c1-14-8-7-11-13(16-9-15-11)10-5-3-4-6-12(10)17-2/h3-6,9,14H,7-8H2,1-2H3,(H,15,16). The molecule has 0 radical (unpaired) electrons. The summed E-state index contributed by atoms with van der Waals surface area (Å²) in [5, 5.41) is 3.13. The summed E-state index contributed by atoms with van der Waals surface area (Å²) in [6.07, 6.45) is 2.65. The van der Waals surface area contributed by atoms with E-state index >= 15 is 0 Å². The molecule has 2 rings (SSSR count). The van der Waals surface area contributed by atoms with Crippen LogP contribution < -0.4 is 10.1 Å². The van der Waals surface area contributed by atoms with Crippen LogP contribution in [0.2, 0.25) is 0 Å². The fourth-order valence-electron chi connectivity index (χ4n) is 1.83. The highest BCUT2D eigenvalue weighted by Gasteiger charge is 2.11. The number of nitrogens with one attached hydrogen (secondary N) is 2. The molecule has 0 saturated heterocycles. The predicted molar refractivity (Wildman–Crippen MR) is 68.2 cm³/mol. The smallest absolute Gasteiger partial charge is 0.128 e. The second-order valence-electron chi connectivity index (χ2n) is 3.78. The molecule has 0 aliphatic rings. The fourth-order valence-corrected chi connectivity index (χ4v) is 1.83. The molecule has 4 heteroatoms. The number of likely N-dealkylation sites (N-methyl/N-ethyl adjacent to an activating group) is 1. The summed E-state index contributed by atoms with van der Waals surface area (Å²) in [5.41, 5.74) is 3.13. The van der Waals surface area contributed by atoms with Crippen LogP contribution in [-0.2, 0) is 6.42 Å². The molecule has 0 fully saturated rings. The molecule has 0 unspecified atom stereocenters. The number of benzene rings is 1. The lowest BCUT2D eigenvalue weighted by Crippen LogP contribution is -2.11. The Morgan fingerprint density at radius 1 is 1.35 bits per heavy atom. The first-order valence-electron chi connectivity index (χ1n) is 5.67. The van der Waals surface area contributed by atoms with Crippen molar-refractivity contribution in [2.45, 2.75) is 6.42 Å². The van der Waals surface area contributed by atoms with Gasteiger partial charge in [0.2, 0.25) is 0 Å². The number of rotatable bonds is 5. The van der Waals surface area contributed by atoms with E-state index in [1.807, 2.05) is 31.3 Å². The summed E-state index contributed by atoms with van der Waals surface area (Å²) in [5.74, 6) is 0.852. The number of imidazole rings is 1. The molecular weight excluding hydrogens is 214 g/mol. The van der Waals surface area contributed by atoms with Crippen LogP contribution in [0, 0.1) is 0 Å². The van der Waals surface area contributed by atoms with Gasteiger partial charge < -0.3 is 15.0 Å². The highest BCUT2D eigenvalue weighted by atomic mass is 16.5. The summed E-state index contributed by atoms with van der Waals surface area (Å²) < 4.78 is 5.36. The zero-order chi connectivity index (χ0) is 12.1. The molecule has 0 aliphatic carbocycles. The van der Waals surface area contributed by atoms with E-state index in [0.717, 1.165) is 35.7 Å². The van der Waals surface area contributed by atoms with Crippen molar-refractivity contribution in [3.8, 4) is 17.0 Å². The maximum atomic E-state index is 5.36. The van der Waals surface area contributed by atoms with E-state index in [4.69, 9.17) is 4.74 Å². The molecule has 1 aromatic heterocycles. The third-order valence-electron chi connectivity index (χ3n) is 2.71. The first-order chi connectivity index (χ1) is 8.36. The van der Waals surface area contributed by atoms with E-state index < -0.39 is 0 Å². The molecule has 0 atom stereocenters. The Balaban J connectivity index is 2.35. The van der Waals surface area contributed by atoms with Gasteiger partial charge in [-0.05, 0) is 19.2 Å². The summed E-state index contributed by atoms with van der Waals surface area (Å²) in [6, 6.07) is 7.93. The zero-order valence-corrected chi connectivity index (χ0v) is 10.2. The Morgan fingerprint density at radius 2 is 2.18 bits per heavy atom. The topological polar surface area (TPSA) is 49.9 Å². The highest BCUT2D eigenvalue weighted by molar-refractivity contribution is 5.69. The van der Waals surface area contributed by atoms with Crippen molar-refractivity contribution in [1.29, 1.82) is 0 Å². The van der Waals surface area contributed by atoms with Crippen molar-refractivity contribution < 1.29 is 4.74 Å². The van der Waals surface area contributed by atoms with Crippen molar-refractivity contribution in [3.63, 3.8) is 0 Å². The van der Waals surface area contributed by atoms with Crippen molar-refractivity contribution in [2.75, 3.05) is 20.7 Å². The van der Waals surface area contributed by atoms with Crippen LogP contribution in [0.15, 0.2) is 30.6 Å². The summed E-state index contributed by atoms with van der Waals surface area (Å²) in [6.45, 7) is 0.921. The minimum Gasteiger partial charge on any atom is -0.496 e. The predicted octanol–water partition coefficient (Wildman–Crippen LogP) is 1.85. The molecule has 0 amide bonds. The van der Waals surface area contributed by atoms with Gasteiger partial charge >= 0.3 is 0 Å². The number of aromatic amines is 1. The highest BCUT2D eigenvalue weighted by Crippen LogP contribution is 2.29.